The monoisotopic (exact) mass is 277 g/mol. The van der Waals surface area contributed by atoms with Gasteiger partial charge in [0, 0.05) is 0 Å². The van der Waals surface area contributed by atoms with E-state index in [0.717, 1.165) is 24.8 Å². The zero-order chi connectivity index (χ0) is 14.4. The van der Waals surface area contributed by atoms with Gasteiger partial charge in [-0.25, -0.2) is 4.79 Å². The van der Waals surface area contributed by atoms with E-state index < -0.39 is 11.5 Å². The van der Waals surface area contributed by atoms with Crippen molar-refractivity contribution in [2.45, 2.75) is 44.2 Å². The summed E-state index contributed by atoms with van der Waals surface area (Å²) in [7, 11) is 0. The van der Waals surface area contributed by atoms with Gasteiger partial charge < -0.3 is 9.84 Å². The van der Waals surface area contributed by atoms with Crippen LogP contribution < -0.4 is 5.32 Å². The predicted molar refractivity (Wildman–Crippen MR) is 77.6 cm³/mol. The summed E-state index contributed by atoms with van der Waals surface area (Å²) >= 11 is 0. The zero-order valence-corrected chi connectivity index (χ0v) is 12.0. The molecule has 0 radical (unpaired) electrons. The molecule has 0 saturated heterocycles. The highest BCUT2D eigenvalue weighted by Crippen LogP contribution is 2.27. The van der Waals surface area contributed by atoms with E-state index in [4.69, 9.17) is 4.74 Å². The third-order valence-corrected chi connectivity index (χ3v) is 3.90. The van der Waals surface area contributed by atoms with Crippen LogP contribution >= 0.6 is 0 Å². The van der Waals surface area contributed by atoms with E-state index in [2.05, 4.69) is 5.32 Å². The first-order valence-corrected chi connectivity index (χ1v) is 7.34. The lowest BCUT2D eigenvalue weighted by Crippen LogP contribution is -2.53. The smallest absolute Gasteiger partial charge is 0.331 e. The lowest BCUT2D eigenvalue weighted by Gasteiger charge is -2.34. The van der Waals surface area contributed by atoms with E-state index in [0.29, 0.717) is 6.54 Å². The van der Waals surface area contributed by atoms with Crippen LogP contribution in [0.15, 0.2) is 30.3 Å². The van der Waals surface area contributed by atoms with Crippen molar-refractivity contribution in [3.05, 3.63) is 35.9 Å². The molecule has 0 aliphatic heterocycles. The van der Waals surface area contributed by atoms with Crippen LogP contribution in [0.4, 0.5) is 0 Å². The molecule has 1 atom stereocenters. The molecule has 0 heterocycles. The van der Waals surface area contributed by atoms with Crippen molar-refractivity contribution < 1.29 is 14.6 Å². The van der Waals surface area contributed by atoms with Gasteiger partial charge in [-0.3, -0.25) is 5.32 Å². The molecule has 1 fully saturated rings. The number of aliphatic carboxylic acids is 1. The van der Waals surface area contributed by atoms with Gasteiger partial charge in [0.2, 0.25) is 0 Å². The Bertz CT molecular complexity index is 431. The fraction of sp³-hybridized carbons (Fsp3) is 0.562. The van der Waals surface area contributed by atoms with Crippen LogP contribution in [-0.2, 0) is 15.1 Å². The Morgan fingerprint density at radius 1 is 1.40 bits per heavy atom. The molecule has 2 rings (SSSR count). The number of rotatable bonds is 8. The standard InChI is InChI=1S/C16H23NO3/c1-2-11-17-16(15(18)19,12-20-14-9-6-10-14)13-7-4-3-5-8-13/h3-5,7-8,14,17H,2,6,9-12H2,1H3,(H,18,19). The largest absolute Gasteiger partial charge is 0.480 e. The van der Waals surface area contributed by atoms with Crippen LogP contribution in [0.2, 0.25) is 0 Å². The Balaban J connectivity index is 2.20. The van der Waals surface area contributed by atoms with Crippen molar-refractivity contribution in [3.63, 3.8) is 0 Å². The summed E-state index contributed by atoms with van der Waals surface area (Å²) in [5.74, 6) is -0.878. The molecule has 1 unspecified atom stereocenters. The molecule has 20 heavy (non-hydrogen) atoms. The lowest BCUT2D eigenvalue weighted by atomic mass is 9.89. The number of ether oxygens (including phenoxy) is 1. The maximum absolute atomic E-state index is 11.9. The van der Waals surface area contributed by atoms with Crippen LogP contribution in [-0.4, -0.2) is 30.3 Å². The summed E-state index contributed by atoms with van der Waals surface area (Å²) in [6.45, 7) is 2.85. The predicted octanol–water partition coefficient (Wildman–Crippen LogP) is 2.54. The second kappa shape index (κ2) is 6.86. The minimum atomic E-state index is -1.15. The van der Waals surface area contributed by atoms with E-state index in [-0.39, 0.29) is 12.7 Å². The molecule has 1 aliphatic carbocycles. The van der Waals surface area contributed by atoms with Gasteiger partial charge in [0.25, 0.3) is 0 Å². The minimum Gasteiger partial charge on any atom is -0.480 e. The summed E-state index contributed by atoms with van der Waals surface area (Å²) in [5.41, 5.74) is -0.396. The van der Waals surface area contributed by atoms with E-state index in [1.807, 2.05) is 37.3 Å². The second-order valence-electron chi connectivity index (χ2n) is 5.37. The van der Waals surface area contributed by atoms with Crippen LogP contribution in [0.25, 0.3) is 0 Å². The molecule has 0 bridgehead atoms. The van der Waals surface area contributed by atoms with Crippen LogP contribution in [0.1, 0.15) is 38.2 Å². The second-order valence-corrected chi connectivity index (χ2v) is 5.37. The minimum absolute atomic E-state index is 0.178. The molecule has 1 saturated carbocycles. The van der Waals surface area contributed by atoms with Gasteiger partial charge >= 0.3 is 5.97 Å². The highest BCUT2D eigenvalue weighted by Gasteiger charge is 2.41. The number of hydrogen-bond acceptors (Lipinski definition) is 3. The summed E-state index contributed by atoms with van der Waals surface area (Å²) in [5, 5.41) is 12.9. The van der Waals surface area contributed by atoms with Crippen molar-refractivity contribution in [2.24, 2.45) is 0 Å². The van der Waals surface area contributed by atoms with Gasteiger partial charge in [-0.1, -0.05) is 37.3 Å². The summed E-state index contributed by atoms with van der Waals surface area (Å²) in [6, 6.07) is 9.32. The fourth-order valence-corrected chi connectivity index (χ4v) is 2.34. The Morgan fingerprint density at radius 2 is 2.10 bits per heavy atom. The third-order valence-electron chi connectivity index (χ3n) is 3.90. The lowest BCUT2D eigenvalue weighted by molar-refractivity contribution is -0.151. The van der Waals surface area contributed by atoms with Crippen LogP contribution in [0.3, 0.4) is 0 Å². The van der Waals surface area contributed by atoms with Gasteiger partial charge in [0.05, 0.1) is 12.7 Å². The van der Waals surface area contributed by atoms with Crippen molar-refractivity contribution in [3.8, 4) is 0 Å². The maximum Gasteiger partial charge on any atom is 0.331 e. The van der Waals surface area contributed by atoms with E-state index in [1.54, 1.807) is 0 Å². The molecule has 1 aliphatic rings. The van der Waals surface area contributed by atoms with Gasteiger partial charge in [-0.05, 0) is 37.8 Å². The number of benzene rings is 1. The summed E-state index contributed by atoms with van der Waals surface area (Å²) in [6.07, 6.45) is 4.36. The van der Waals surface area contributed by atoms with Gasteiger partial charge in [-0.2, -0.15) is 0 Å². The topological polar surface area (TPSA) is 58.6 Å². The number of carbonyl (C=O) groups is 1. The Hall–Kier alpha value is -1.39. The molecule has 1 aromatic rings. The van der Waals surface area contributed by atoms with Crippen molar-refractivity contribution in [1.82, 2.24) is 5.32 Å². The molecule has 0 aromatic heterocycles. The molecule has 110 valence electrons. The van der Waals surface area contributed by atoms with E-state index in [9.17, 15) is 9.90 Å². The van der Waals surface area contributed by atoms with Gasteiger partial charge in [0.1, 0.15) is 0 Å². The molecule has 2 N–H and O–H groups in total. The summed E-state index contributed by atoms with van der Waals surface area (Å²) in [4.78, 5) is 11.9. The highest BCUT2D eigenvalue weighted by atomic mass is 16.5. The maximum atomic E-state index is 11.9. The van der Waals surface area contributed by atoms with Crippen LogP contribution in [0.5, 0.6) is 0 Å². The molecule has 4 nitrogen and oxygen atoms in total. The number of nitrogens with one attached hydrogen (secondary N) is 1. The fourth-order valence-electron chi connectivity index (χ4n) is 2.34. The molecule has 0 amide bonds. The third kappa shape index (κ3) is 3.19. The molecule has 4 heteroatoms. The molecule has 0 spiro atoms. The van der Waals surface area contributed by atoms with E-state index in [1.165, 1.54) is 6.42 Å². The highest BCUT2D eigenvalue weighted by molar-refractivity contribution is 5.81. The Morgan fingerprint density at radius 3 is 2.60 bits per heavy atom. The Labute approximate surface area is 120 Å². The quantitative estimate of drug-likeness (QED) is 0.766. The first-order chi connectivity index (χ1) is 9.69. The molecule has 1 aromatic carbocycles. The Kier molecular flexibility index (Phi) is 5.15. The zero-order valence-electron chi connectivity index (χ0n) is 12.0. The number of carboxylic acid groups (broad SMARTS) is 1. The molecular weight excluding hydrogens is 254 g/mol. The van der Waals surface area contributed by atoms with Crippen molar-refractivity contribution in [2.75, 3.05) is 13.2 Å². The van der Waals surface area contributed by atoms with Crippen LogP contribution in [0, 0.1) is 0 Å². The number of carboxylic acids is 1. The van der Waals surface area contributed by atoms with Gasteiger partial charge in [0.15, 0.2) is 5.54 Å². The van der Waals surface area contributed by atoms with Crippen molar-refractivity contribution in [1.29, 1.82) is 0 Å². The first kappa shape index (κ1) is 15.0. The van der Waals surface area contributed by atoms with Crippen molar-refractivity contribution >= 4 is 5.97 Å². The van der Waals surface area contributed by atoms with E-state index >= 15 is 0 Å². The summed E-state index contributed by atoms with van der Waals surface area (Å²) < 4.78 is 5.81. The number of hydrogen-bond donors (Lipinski definition) is 2. The van der Waals surface area contributed by atoms with Gasteiger partial charge in [-0.15, -0.1) is 0 Å². The molecular formula is C16H23NO3. The first-order valence-electron chi connectivity index (χ1n) is 7.34. The average Bonchev–Trinajstić information content (AvgIpc) is 2.41. The average molecular weight is 277 g/mol. The normalized spacial score (nSPS) is 18.2. The SMILES string of the molecule is CCCNC(COC1CCC1)(C(=O)O)c1ccccc1.